The van der Waals surface area contributed by atoms with E-state index in [1.54, 1.807) is 6.21 Å². The standard InChI is InChI=1S/C20H21N3O/c24-20-18(17-6-2-3-7-19(17)22-20)14-21-15-8-10-16(11-9-15)23-12-4-1-5-13-23/h2-3,6-11,14,22,24H,1,4-5,12-13H2. The topological polar surface area (TPSA) is 51.6 Å². The van der Waals surface area contributed by atoms with Crippen LogP contribution in [-0.4, -0.2) is 29.4 Å². The first kappa shape index (κ1) is 14.8. The Bertz CT molecular complexity index is 858. The summed E-state index contributed by atoms with van der Waals surface area (Å²) in [6, 6.07) is 16.2. The van der Waals surface area contributed by atoms with Crippen molar-refractivity contribution in [3.63, 3.8) is 0 Å². The molecule has 4 rings (SSSR count). The fraction of sp³-hybridized carbons (Fsp3) is 0.250. The number of benzene rings is 2. The molecular formula is C20H21N3O. The number of hydrogen-bond donors (Lipinski definition) is 2. The number of para-hydroxylation sites is 1. The molecule has 0 saturated carbocycles. The second-order valence-corrected chi connectivity index (χ2v) is 6.26. The van der Waals surface area contributed by atoms with Gasteiger partial charge in [-0.05, 0) is 49.6 Å². The maximum absolute atomic E-state index is 10.1. The summed E-state index contributed by atoms with van der Waals surface area (Å²) in [5.41, 5.74) is 3.80. The summed E-state index contributed by atoms with van der Waals surface area (Å²) >= 11 is 0. The van der Waals surface area contributed by atoms with Crippen LogP contribution in [-0.2, 0) is 0 Å². The highest BCUT2D eigenvalue weighted by molar-refractivity contribution is 6.02. The lowest BCUT2D eigenvalue weighted by Crippen LogP contribution is -2.29. The van der Waals surface area contributed by atoms with Gasteiger partial charge in [0.25, 0.3) is 0 Å². The molecule has 1 aromatic heterocycles. The van der Waals surface area contributed by atoms with Crippen LogP contribution in [0, 0.1) is 0 Å². The van der Waals surface area contributed by atoms with Gasteiger partial charge in [-0.2, -0.15) is 0 Å². The van der Waals surface area contributed by atoms with Crippen molar-refractivity contribution < 1.29 is 5.11 Å². The molecule has 0 unspecified atom stereocenters. The quantitative estimate of drug-likeness (QED) is 0.692. The number of fused-ring (bicyclic) bond motifs is 1. The van der Waals surface area contributed by atoms with Crippen LogP contribution in [0.15, 0.2) is 53.5 Å². The molecule has 4 heteroatoms. The highest BCUT2D eigenvalue weighted by atomic mass is 16.3. The number of aliphatic imine (C=N–C) groups is 1. The van der Waals surface area contributed by atoms with Crippen LogP contribution in [0.25, 0.3) is 10.9 Å². The third-order valence-corrected chi connectivity index (χ3v) is 4.64. The Morgan fingerprint density at radius 1 is 0.958 bits per heavy atom. The molecule has 0 bridgehead atoms. The predicted molar refractivity (Wildman–Crippen MR) is 99.7 cm³/mol. The SMILES string of the molecule is Oc1[nH]c2ccccc2c1C=Nc1ccc(N2CCCCC2)cc1. The Hall–Kier alpha value is -2.75. The Morgan fingerprint density at radius 3 is 2.50 bits per heavy atom. The van der Waals surface area contributed by atoms with E-state index in [1.807, 2.05) is 36.4 Å². The van der Waals surface area contributed by atoms with E-state index in [-0.39, 0.29) is 5.88 Å². The van der Waals surface area contributed by atoms with Crippen LogP contribution in [0.4, 0.5) is 11.4 Å². The van der Waals surface area contributed by atoms with Crippen LogP contribution in [0.1, 0.15) is 24.8 Å². The normalized spacial score (nSPS) is 15.4. The first-order valence-electron chi connectivity index (χ1n) is 8.50. The molecule has 1 aliphatic rings. The van der Waals surface area contributed by atoms with Crippen molar-refractivity contribution in [2.75, 3.05) is 18.0 Å². The number of piperidine rings is 1. The molecule has 0 amide bonds. The van der Waals surface area contributed by atoms with E-state index in [0.717, 1.165) is 35.2 Å². The highest BCUT2D eigenvalue weighted by Crippen LogP contribution is 2.27. The van der Waals surface area contributed by atoms with Gasteiger partial charge in [0, 0.05) is 35.9 Å². The molecule has 2 aromatic carbocycles. The summed E-state index contributed by atoms with van der Waals surface area (Å²) in [4.78, 5) is 9.93. The van der Waals surface area contributed by atoms with Crippen LogP contribution >= 0.6 is 0 Å². The molecule has 1 saturated heterocycles. The maximum Gasteiger partial charge on any atom is 0.198 e. The number of anilines is 1. The van der Waals surface area contributed by atoms with Gasteiger partial charge in [0.15, 0.2) is 5.88 Å². The molecule has 1 aliphatic heterocycles. The van der Waals surface area contributed by atoms with Gasteiger partial charge in [-0.15, -0.1) is 0 Å². The van der Waals surface area contributed by atoms with E-state index in [1.165, 1.54) is 24.9 Å². The van der Waals surface area contributed by atoms with Crippen LogP contribution in [0.2, 0.25) is 0 Å². The van der Waals surface area contributed by atoms with E-state index < -0.39 is 0 Å². The smallest absolute Gasteiger partial charge is 0.198 e. The molecule has 0 aliphatic carbocycles. The van der Waals surface area contributed by atoms with Crippen molar-refractivity contribution in [1.82, 2.24) is 4.98 Å². The second kappa shape index (κ2) is 6.40. The van der Waals surface area contributed by atoms with Crippen molar-refractivity contribution in [1.29, 1.82) is 0 Å². The molecule has 3 aromatic rings. The monoisotopic (exact) mass is 319 g/mol. The van der Waals surface area contributed by atoms with Gasteiger partial charge in [0.2, 0.25) is 0 Å². The largest absolute Gasteiger partial charge is 0.494 e. The van der Waals surface area contributed by atoms with E-state index in [9.17, 15) is 5.11 Å². The van der Waals surface area contributed by atoms with E-state index in [4.69, 9.17) is 0 Å². The highest BCUT2D eigenvalue weighted by Gasteiger charge is 2.10. The molecule has 24 heavy (non-hydrogen) atoms. The lowest BCUT2D eigenvalue weighted by molar-refractivity contribution is 0.457. The van der Waals surface area contributed by atoms with Gasteiger partial charge in [-0.25, -0.2) is 0 Å². The zero-order valence-corrected chi connectivity index (χ0v) is 13.6. The summed E-state index contributed by atoms with van der Waals surface area (Å²) in [6.07, 6.45) is 5.62. The number of H-pyrrole nitrogens is 1. The molecular weight excluding hydrogens is 298 g/mol. The number of aromatic nitrogens is 1. The zero-order valence-electron chi connectivity index (χ0n) is 13.6. The Kier molecular flexibility index (Phi) is 3.95. The van der Waals surface area contributed by atoms with Crippen LogP contribution in [0.5, 0.6) is 5.88 Å². The fourth-order valence-corrected chi connectivity index (χ4v) is 3.32. The molecule has 2 heterocycles. The molecule has 1 fully saturated rings. The summed E-state index contributed by atoms with van der Waals surface area (Å²) in [6.45, 7) is 2.29. The average Bonchev–Trinajstić information content (AvgIpc) is 2.96. The minimum absolute atomic E-state index is 0.157. The number of aromatic amines is 1. The van der Waals surface area contributed by atoms with Crippen molar-refractivity contribution in [2.24, 2.45) is 4.99 Å². The fourth-order valence-electron chi connectivity index (χ4n) is 3.32. The number of nitrogens with zero attached hydrogens (tertiary/aromatic N) is 2. The van der Waals surface area contributed by atoms with Crippen molar-refractivity contribution >= 4 is 28.5 Å². The Morgan fingerprint density at radius 2 is 1.71 bits per heavy atom. The number of hydrogen-bond acceptors (Lipinski definition) is 3. The molecule has 0 radical (unpaired) electrons. The van der Waals surface area contributed by atoms with Crippen molar-refractivity contribution in [2.45, 2.75) is 19.3 Å². The average molecular weight is 319 g/mol. The summed E-state index contributed by atoms with van der Waals surface area (Å²) in [5, 5.41) is 11.0. The minimum Gasteiger partial charge on any atom is -0.494 e. The van der Waals surface area contributed by atoms with Crippen LogP contribution in [0.3, 0.4) is 0 Å². The van der Waals surface area contributed by atoms with Crippen LogP contribution < -0.4 is 4.90 Å². The summed E-state index contributed by atoms with van der Waals surface area (Å²) in [7, 11) is 0. The van der Waals surface area contributed by atoms with Gasteiger partial charge < -0.3 is 15.0 Å². The number of rotatable bonds is 3. The molecule has 0 atom stereocenters. The molecule has 122 valence electrons. The zero-order chi connectivity index (χ0) is 16.4. The van der Waals surface area contributed by atoms with E-state index in [2.05, 4.69) is 27.0 Å². The van der Waals surface area contributed by atoms with Gasteiger partial charge >= 0.3 is 0 Å². The van der Waals surface area contributed by atoms with Crippen molar-refractivity contribution in [3.8, 4) is 5.88 Å². The van der Waals surface area contributed by atoms with E-state index in [0.29, 0.717) is 0 Å². The number of nitrogens with one attached hydrogen (secondary N) is 1. The third kappa shape index (κ3) is 2.87. The Labute approximate surface area is 141 Å². The first-order chi connectivity index (χ1) is 11.8. The Balaban J connectivity index is 1.56. The first-order valence-corrected chi connectivity index (χ1v) is 8.50. The molecule has 2 N–H and O–H groups in total. The third-order valence-electron chi connectivity index (χ3n) is 4.64. The van der Waals surface area contributed by atoms with E-state index >= 15 is 0 Å². The van der Waals surface area contributed by atoms with Crippen molar-refractivity contribution in [3.05, 3.63) is 54.1 Å². The van der Waals surface area contributed by atoms with Gasteiger partial charge in [0.05, 0.1) is 11.3 Å². The minimum atomic E-state index is 0.157. The summed E-state index contributed by atoms with van der Waals surface area (Å²) in [5.74, 6) is 0.157. The lowest BCUT2D eigenvalue weighted by atomic mass is 10.1. The molecule has 0 spiro atoms. The summed E-state index contributed by atoms with van der Waals surface area (Å²) < 4.78 is 0. The number of aromatic hydroxyl groups is 1. The van der Waals surface area contributed by atoms with Gasteiger partial charge in [-0.1, -0.05) is 18.2 Å². The lowest BCUT2D eigenvalue weighted by Gasteiger charge is -2.28. The predicted octanol–water partition coefficient (Wildman–Crippen LogP) is 4.61. The maximum atomic E-state index is 10.1. The second-order valence-electron chi connectivity index (χ2n) is 6.26. The van der Waals surface area contributed by atoms with Gasteiger partial charge in [-0.3, -0.25) is 4.99 Å². The molecule has 4 nitrogen and oxygen atoms in total. The van der Waals surface area contributed by atoms with Gasteiger partial charge in [0.1, 0.15) is 0 Å².